The minimum atomic E-state index is -0.686. The van der Waals surface area contributed by atoms with Crippen LogP contribution in [-0.2, 0) is 0 Å². The molecule has 0 aliphatic carbocycles. The second kappa shape index (κ2) is 7.78. The first-order valence-electron chi connectivity index (χ1n) is 6.66. The summed E-state index contributed by atoms with van der Waals surface area (Å²) in [5.41, 5.74) is 0.443. The lowest BCUT2D eigenvalue weighted by Crippen LogP contribution is -2.40. The molecule has 0 fully saturated rings. The molecule has 2 N–H and O–H groups in total. The van der Waals surface area contributed by atoms with Gasteiger partial charge < -0.3 is 15.2 Å². The first kappa shape index (κ1) is 16.3. The van der Waals surface area contributed by atoms with Crippen LogP contribution in [0.2, 0.25) is 0 Å². The largest absolute Gasteiger partial charge is 0.494 e. The van der Waals surface area contributed by atoms with Crippen LogP contribution in [0.15, 0.2) is 24.3 Å². The highest BCUT2D eigenvalue weighted by atomic mass is 32.2. The molecule has 2 unspecified atom stereocenters. The third kappa shape index (κ3) is 5.43. The summed E-state index contributed by atoms with van der Waals surface area (Å²) in [5, 5.41) is 13.5. The lowest BCUT2D eigenvalue weighted by molar-refractivity contribution is 0.0819. The van der Waals surface area contributed by atoms with E-state index in [0.29, 0.717) is 13.2 Å². The van der Waals surface area contributed by atoms with Gasteiger partial charge in [-0.2, -0.15) is 11.8 Å². The van der Waals surface area contributed by atoms with Crippen molar-refractivity contribution in [1.82, 2.24) is 5.32 Å². The highest BCUT2D eigenvalue weighted by Crippen LogP contribution is 2.25. The molecule has 0 aromatic heterocycles. The van der Waals surface area contributed by atoms with Crippen molar-refractivity contribution < 1.29 is 9.84 Å². The van der Waals surface area contributed by atoms with Crippen LogP contribution < -0.4 is 10.1 Å². The zero-order valence-corrected chi connectivity index (χ0v) is 13.1. The summed E-state index contributed by atoms with van der Waals surface area (Å²) in [7, 11) is 0. The Labute approximate surface area is 120 Å². The van der Waals surface area contributed by atoms with Gasteiger partial charge in [-0.05, 0) is 33.1 Å². The number of hydrogen-bond donors (Lipinski definition) is 2. The van der Waals surface area contributed by atoms with Gasteiger partial charge in [0, 0.05) is 23.9 Å². The average Bonchev–Trinajstić information content (AvgIpc) is 2.37. The standard InChI is InChI=1S/C15H25NO2S/c1-5-18-14-9-7-6-8-13(14)12(2)16-10-15(3,17)11-19-4/h6-9,12,16-17H,5,10-11H2,1-4H3. The third-order valence-corrected chi connectivity index (χ3v) is 3.84. The maximum atomic E-state index is 10.2. The van der Waals surface area contributed by atoms with Crippen molar-refractivity contribution in [2.75, 3.05) is 25.2 Å². The Morgan fingerprint density at radius 1 is 1.42 bits per heavy atom. The maximum Gasteiger partial charge on any atom is 0.124 e. The Bertz CT molecular complexity index is 382. The molecular weight excluding hydrogens is 258 g/mol. The van der Waals surface area contributed by atoms with E-state index in [1.165, 1.54) is 0 Å². The second-order valence-electron chi connectivity index (χ2n) is 5.00. The summed E-state index contributed by atoms with van der Waals surface area (Å²) in [4.78, 5) is 0. The van der Waals surface area contributed by atoms with Crippen molar-refractivity contribution in [3.05, 3.63) is 29.8 Å². The zero-order valence-electron chi connectivity index (χ0n) is 12.3. The molecule has 0 amide bonds. The van der Waals surface area contributed by atoms with E-state index in [1.54, 1.807) is 11.8 Å². The van der Waals surface area contributed by atoms with Crippen LogP contribution in [0, 0.1) is 0 Å². The second-order valence-corrected chi connectivity index (χ2v) is 5.87. The Hall–Kier alpha value is -0.710. The number of nitrogens with one attached hydrogen (secondary N) is 1. The number of rotatable bonds is 8. The van der Waals surface area contributed by atoms with Crippen LogP contribution in [-0.4, -0.2) is 35.9 Å². The normalized spacial score (nSPS) is 15.8. The van der Waals surface area contributed by atoms with Crippen molar-refractivity contribution in [1.29, 1.82) is 0 Å². The summed E-state index contributed by atoms with van der Waals surface area (Å²) < 4.78 is 5.63. The molecule has 0 radical (unpaired) electrons. The van der Waals surface area contributed by atoms with E-state index in [0.717, 1.165) is 17.1 Å². The molecule has 0 aliphatic rings. The molecule has 1 aromatic carbocycles. The number of aliphatic hydroxyl groups is 1. The molecule has 1 aromatic rings. The predicted molar refractivity (Wildman–Crippen MR) is 83.0 cm³/mol. The van der Waals surface area contributed by atoms with Crippen LogP contribution in [0.4, 0.5) is 0 Å². The van der Waals surface area contributed by atoms with Gasteiger partial charge in [0.1, 0.15) is 5.75 Å². The smallest absolute Gasteiger partial charge is 0.124 e. The van der Waals surface area contributed by atoms with Crippen molar-refractivity contribution in [3.8, 4) is 5.75 Å². The van der Waals surface area contributed by atoms with Gasteiger partial charge in [-0.3, -0.25) is 0 Å². The zero-order chi connectivity index (χ0) is 14.3. The first-order valence-corrected chi connectivity index (χ1v) is 8.06. The van der Waals surface area contributed by atoms with Gasteiger partial charge in [-0.1, -0.05) is 18.2 Å². The molecule has 0 aliphatic heterocycles. The molecule has 108 valence electrons. The van der Waals surface area contributed by atoms with Gasteiger partial charge in [-0.15, -0.1) is 0 Å². The van der Waals surface area contributed by atoms with Crippen LogP contribution in [0.5, 0.6) is 5.75 Å². The molecule has 1 rings (SSSR count). The quantitative estimate of drug-likeness (QED) is 0.770. The van der Waals surface area contributed by atoms with E-state index in [2.05, 4.69) is 18.3 Å². The highest BCUT2D eigenvalue weighted by Gasteiger charge is 2.21. The van der Waals surface area contributed by atoms with E-state index in [-0.39, 0.29) is 6.04 Å². The molecule has 3 nitrogen and oxygen atoms in total. The highest BCUT2D eigenvalue weighted by molar-refractivity contribution is 7.98. The van der Waals surface area contributed by atoms with Gasteiger partial charge in [0.2, 0.25) is 0 Å². The summed E-state index contributed by atoms with van der Waals surface area (Å²) in [6.07, 6.45) is 2.00. The van der Waals surface area contributed by atoms with Crippen molar-refractivity contribution in [2.45, 2.75) is 32.4 Å². The summed E-state index contributed by atoms with van der Waals surface area (Å²) in [6, 6.07) is 8.18. The minimum Gasteiger partial charge on any atom is -0.494 e. The number of ether oxygens (including phenoxy) is 1. The summed E-state index contributed by atoms with van der Waals surface area (Å²) in [5.74, 6) is 1.63. The Balaban J connectivity index is 2.65. The number of benzene rings is 1. The van der Waals surface area contributed by atoms with E-state index in [9.17, 15) is 5.11 Å². The van der Waals surface area contributed by atoms with Crippen molar-refractivity contribution >= 4 is 11.8 Å². The molecular formula is C15H25NO2S. The molecule has 2 atom stereocenters. The molecule has 4 heteroatoms. The third-order valence-electron chi connectivity index (χ3n) is 2.93. The van der Waals surface area contributed by atoms with Crippen LogP contribution in [0.1, 0.15) is 32.4 Å². The van der Waals surface area contributed by atoms with Crippen LogP contribution in [0.3, 0.4) is 0 Å². The first-order chi connectivity index (χ1) is 9.00. The molecule has 0 saturated heterocycles. The number of para-hydroxylation sites is 1. The van der Waals surface area contributed by atoms with Gasteiger partial charge in [0.15, 0.2) is 0 Å². The van der Waals surface area contributed by atoms with Crippen molar-refractivity contribution in [3.63, 3.8) is 0 Å². The molecule has 0 bridgehead atoms. The SMILES string of the molecule is CCOc1ccccc1C(C)NCC(C)(O)CSC. The van der Waals surface area contributed by atoms with Crippen LogP contribution >= 0.6 is 11.8 Å². The van der Waals surface area contributed by atoms with Gasteiger partial charge in [0.05, 0.1) is 12.2 Å². The van der Waals surface area contributed by atoms with Gasteiger partial charge >= 0.3 is 0 Å². The fraction of sp³-hybridized carbons (Fsp3) is 0.600. The number of hydrogen-bond acceptors (Lipinski definition) is 4. The Kier molecular flexibility index (Phi) is 6.69. The molecule has 0 heterocycles. The lowest BCUT2D eigenvalue weighted by atomic mass is 10.1. The Morgan fingerprint density at radius 3 is 2.74 bits per heavy atom. The minimum absolute atomic E-state index is 0.149. The number of thioether (sulfide) groups is 1. The topological polar surface area (TPSA) is 41.5 Å². The van der Waals surface area contributed by atoms with E-state index in [4.69, 9.17) is 4.74 Å². The van der Waals surface area contributed by atoms with E-state index < -0.39 is 5.60 Å². The molecule has 19 heavy (non-hydrogen) atoms. The van der Waals surface area contributed by atoms with E-state index >= 15 is 0 Å². The molecule has 0 spiro atoms. The monoisotopic (exact) mass is 283 g/mol. The predicted octanol–water partition coefficient (Wildman–Crippen LogP) is 2.85. The lowest BCUT2D eigenvalue weighted by Gasteiger charge is -2.26. The van der Waals surface area contributed by atoms with Crippen molar-refractivity contribution in [2.24, 2.45) is 0 Å². The Morgan fingerprint density at radius 2 is 2.11 bits per heavy atom. The van der Waals surface area contributed by atoms with E-state index in [1.807, 2.05) is 38.3 Å². The summed E-state index contributed by atoms with van der Waals surface area (Å²) >= 11 is 1.65. The molecule has 0 saturated carbocycles. The van der Waals surface area contributed by atoms with Gasteiger partial charge in [0.25, 0.3) is 0 Å². The van der Waals surface area contributed by atoms with Gasteiger partial charge in [-0.25, -0.2) is 0 Å². The fourth-order valence-electron chi connectivity index (χ4n) is 1.97. The fourth-order valence-corrected chi connectivity index (χ4v) is 2.69. The maximum absolute atomic E-state index is 10.2. The van der Waals surface area contributed by atoms with Crippen LogP contribution in [0.25, 0.3) is 0 Å². The average molecular weight is 283 g/mol. The summed E-state index contributed by atoms with van der Waals surface area (Å²) in [6.45, 7) is 7.16.